The fraction of sp³-hybridized carbons (Fsp3) is 0.846. The fourth-order valence-corrected chi connectivity index (χ4v) is 2.97. The number of hydrogen-bond donors (Lipinski definition) is 0. The molecule has 0 bridgehead atoms. The maximum absolute atomic E-state index is 3.90. The van der Waals surface area contributed by atoms with E-state index in [2.05, 4.69) is 17.6 Å². The molecule has 1 aliphatic carbocycles. The van der Waals surface area contributed by atoms with Gasteiger partial charge in [0.05, 0.1) is 0 Å². The van der Waals surface area contributed by atoms with Gasteiger partial charge >= 0.3 is 0 Å². The first-order valence-corrected chi connectivity index (χ1v) is 6.27. The predicted octanol–water partition coefficient (Wildman–Crippen LogP) is 3.22. The predicted molar refractivity (Wildman–Crippen MR) is 61.4 cm³/mol. The van der Waals surface area contributed by atoms with Crippen LogP contribution in [0, 0.1) is 5.92 Å². The number of allylic oxidation sites excluding steroid dienone is 1. The maximum Gasteiger partial charge on any atom is 0.00952 e. The Morgan fingerprint density at radius 2 is 1.57 bits per heavy atom. The van der Waals surface area contributed by atoms with Crippen LogP contribution in [0.2, 0.25) is 0 Å². The highest BCUT2D eigenvalue weighted by atomic mass is 15.2. The highest BCUT2D eigenvalue weighted by Crippen LogP contribution is 2.27. The van der Waals surface area contributed by atoms with E-state index >= 15 is 0 Å². The van der Waals surface area contributed by atoms with Crippen LogP contribution >= 0.6 is 0 Å². The van der Waals surface area contributed by atoms with E-state index < -0.39 is 0 Å². The van der Waals surface area contributed by atoms with Gasteiger partial charge in [0.1, 0.15) is 0 Å². The smallest absolute Gasteiger partial charge is 0.00952 e. The van der Waals surface area contributed by atoms with Crippen LogP contribution < -0.4 is 0 Å². The highest BCUT2D eigenvalue weighted by Gasteiger charge is 2.24. The Balaban J connectivity index is 1.78. The lowest BCUT2D eigenvalue weighted by atomic mass is 9.90. The van der Waals surface area contributed by atoms with Crippen molar-refractivity contribution in [1.29, 1.82) is 0 Å². The Morgan fingerprint density at radius 3 is 2.14 bits per heavy atom. The van der Waals surface area contributed by atoms with Crippen LogP contribution in [-0.2, 0) is 0 Å². The van der Waals surface area contributed by atoms with Gasteiger partial charge in [-0.3, -0.25) is 0 Å². The zero-order chi connectivity index (χ0) is 9.80. The lowest BCUT2D eigenvalue weighted by molar-refractivity contribution is 0.117. The van der Waals surface area contributed by atoms with Gasteiger partial charge < -0.3 is 4.90 Å². The van der Waals surface area contributed by atoms with E-state index in [-0.39, 0.29) is 0 Å². The standard InChI is InChI=1S/C13H23N/c1-2-12-8-10-14(11-9-12)13-6-4-3-5-7-13/h2,12-13H,1,3-11H2. The molecule has 80 valence electrons. The lowest BCUT2D eigenvalue weighted by Crippen LogP contribution is -2.42. The van der Waals surface area contributed by atoms with Gasteiger partial charge in [0.2, 0.25) is 0 Å². The van der Waals surface area contributed by atoms with Crippen molar-refractivity contribution in [2.24, 2.45) is 5.92 Å². The van der Waals surface area contributed by atoms with E-state index in [1.807, 2.05) is 0 Å². The number of hydrogen-bond acceptors (Lipinski definition) is 1. The van der Waals surface area contributed by atoms with E-state index in [4.69, 9.17) is 0 Å². The molecule has 2 fully saturated rings. The molecule has 0 unspecified atom stereocenters. The van der Waals surface area contributed by atoms with Gasteiger partial charge in [-0.2, -0.15) is 0 Å². The summed E-state index contributed by atoms with van der Waals surface area (Å²) >= 11 is 0. The Kier molecular flexibility index (Phi) is 3.63. The average molecular weight is 193 g/mol. The summed E-state index contributed by atoms with van der Waals surface area (Å²) in [5.41, 5.74) is 0. The summed E-state index contributed by atoms with van der Waals surface area (Å²) in [4.78, 5) is 2.74. The molecular weight excluding hydrogens is 170 g/mol. The van der Waals surface area contributed by atoms with Crippen molar-refractivity contribution in [2.45, 2.75) is 51.0 Å². The van der Waals surface area contributed by atoms with Gasteiger partial charge in [-0.05, 0) is 44.7 Å². The molecule has 1 heterocycles. The SMILES string of the molecule is C=CC1CCN(C2CCCCC2)CC1. The molecule has 14 heavy (non-hydrogen) atoms. The third kappa shape index (κ3) is 2.38. The zero-order valence-corrected chi connectivity index (χ0v) is 9.25. The number of nitrogens with zero attached hydrogens (tertiary/aromatic N) is 1. The molecule has 0 amide bonds. The summed E-state index contributed by atoms with van der Waals surface area (Å²) in [5.74, 6) is 0.801. The second kappa shape index (κ2) is 4.97. The van der Waals surface area contributed by atoms with Crippen LogP contribution in [0.3, 0.4) is 0 Å². The van der Waals surface area contributed by atoms with Crippen LogP contribution in [0.25, 0.3) is 0 Å². The molecule has 0 aromatic rings. The van der Waals surface area contributed by atoms with Gasteiger partial charge in [0.15, 0.2) is 0 Å². The van der Waals surface area contributed by atoms with Crippen molar-refractivity contribution >= 4 is 0 Å². The Bertz CT molecular complexity index is 174. The third-order valence-electron chi connectivity index (χ3n) is 4.00. The highest BCUT2D eigenvalue weighted by molar-refractivity contribution is 4.87. The second-order valence-electron chi connectivity index (χ2n) is 4.90. The van der Waals surface area contributed by atoms with Gasteiger partial charge in [-0.1, -0.05) is 25.3 Å². The molecule has 1 saturated heterocycles. The Hall–Kier alpha value is -0.300. The number of piperidine rings is 1. The summed E-state index contributed by atoms with van der Waals surface area (Å²) < 4.78 is 0. The summed E-state index contributed by atoms with van der Waals surface area (Å²) in [6.07, 6.45) is 12.2. The summed E-state index contributed by atoms with van der Waals surface area (Å²) in [7, 11) is 0. The second-order valence-corrected chi connectivity index (χ2v) is 4.90. The molecule has 0 radical (unpaired) electrons. The van der Waals surface area contributed by atoms with Crippen molar-refractivity contribution in [2.75, 3.05) is 13.1 Å². The zero-order valence-electron chi connectivity index (χ0n) is 9.25. The molecule has 2 aliphatic rings. The van der Waals surface area contributed by atoms with Crippen molar-refractivity contribution in [1.82, 2.24) is 4.90 Å². The summed E-state index contributed by atoms with van der Waals surface area (Å²) in [5, 5.41) is 0. The molecular formula is C13H23N. The molecule has 0 N–H and O–H groups in total. The van der Waals surface area contributed by atoms with Crippen LogP contribution in [-0.4, -0.2) is 24.0 Å². The number of rotatable bonds is 2. The molecule has 1 saturated carbocycles. The summed E-state index contributed by atoms with van der Waals surface area (Å²) in [6, 6.07) is 0.925. The van der Waals surface area contributed by atoms with Crippen LogP contribution in [0.5, 0.6) is 0 Å². The minimum Gasteiger partial charge on any atom is -0.300 e. The molecule has 2 rings (SSSR count). The minimum atomic E-state index is 0.801. The quantitative estimate of drug-likeness (QED) is 0.609. The van der Waals surface area contributed by atoms with Gasteiger partial charge in [-0.25, -0.2) is 0 Å². The molecule has 0 atom stereocenters. The Morgan fingerprint density at radius 1 is 0.929 bits per heavy atom. The fourth-order valence-electron chi connectivity index (χ4n) is 2.97. The Labute approximate surface area is 88.2 Å². The summed E-state index contributed by atoms with van der Waals surface area (Å²) in [6.45, 7) is 6.54. The first kappa shape index (κ1) is 10.2. The van der Waals surface area contributed by atoms with Crippen molar-refractivity contribution in [3.05, 3.63) is 12.7 Å². The van der Waals surface area contributed by atoms with Crippen molar-refractivity contribution < 1.29 is 0 Å². The maximum atomic E-state index is 3.90. The monoisotopic (exact) mass is 193 g/mol. The van der Waals surface area contributed by atoms with Crippen LogP contribution in [0.1, 0.15) is 44.9 Å². The molecule has 1 nitrogen and oxygen atoms in total. The minimum absolute atomic E-state index is 0.801. The van der Waals surface area contributed by atoms with Crippen LogP contribution in [0.4, 0.5) is 0 Å². The number of likely N-dealkylation sites (tertiary alicyclic amines) is 1. The topological polar surface area (TPSA) is 3.24 Å². The van der Waals surface area contributed by atoms with Gasteiger partial charge in [0.25, 0.3) is 0 Å². The van der Waals surface area contributed by atoms with Crippen LogP contribution in [0.15, 0.2) is 12.7 Å². The lowest BCUT2D eigenvalue weighted by Gasteiger charge is -2.38. The van der Waals surface area contributed by atoms with E-state index in [1.54, 1.807) is 0 Å². The molecule has 0 spiro atoms. The normalized spacial score (nSPS) is 27.7. The van der Waals surface area contributed by atoms with E-state index in [1.165, 1.54) is 58.0 Å². The first-order valence-electron chi connectivity index (χ1n) is 6.27. The molecule has 0 aromatic carbocycles. The molecule has 1 aliphatic heterocycles. The van der Waals surface area contributed by atoms with E-state index in [0.717, 1.165) is 12.0 Å². The molecule has 0 aromatic heterocycles. The average Bonchev–Trinajstić information content (AvgIpc) is 2.30. The van der Waals surface area contributed by atoms with Gasteiger partial charge in [0, 0.05) is 6.04 Å². The van der Waals surface area contributed by atoms with Gasteiger partial charge in [-0.15, -0.1) is 6.58 Å². The van der Waals surface area contributed by atoms with E-state index in [0.29, 0.717) is 0 Å². The van der Waals surface area contributed by atoms with Crippen molar-refractivity contribution in [3.8, 4) is 0 Å². The largest absolute Gasteiger partial charge is 0.300 e. The molecule has 1 heteroatoms. The van der Waals surface area contributed by atoms with Crippen molar-refractivity contribution in [3.63, 3.8) is 0 Å². The van der Waals surface area contributed by atoms with E-state index in [9.17, 15) is 0 Å². The first-order chi connectivity index (χ1) is 6.90. The third-order valence-corrected chi connectivity index (χ3v) is 4.00.